The van der Waals surface area contributed by atoms with E-state index in [1.54, 1.807) is 4.90 Å². The van der Waals surface area contributed by atoms with E-state index in [1.165, 1.54) is 0 Å². The summed E-state index contributed by atoms with van der Waals surface area (Å²) in [4.78, 5) is 18.9. The highest BCUT2D eigenvalue weighted by atomic mass is 16.5. The molecule has 3 atom stereocenters. The number of hydrogen-bond donors (Lipinski definition) is 1. The first kappa shape index (κ1) is 15.5. The van der Waals surface area contributed by atoms with Crippen molar-refractivity contribution in [3.63, 3.8) is 0 Å². The third-order valence-corrected chi connectivity index (χ3v) is 4.90. The number of aliphatic hydroxyl groups is 1. The lowest BCUT2D eigenvalue weighted by atomic mass is 9.96. The van der Waals surface area contributed by atoms with Crippen molar-refractivity contribution < 1.29 is 14.4 Å². The molecule has 2 aliphatic rings. The zero-order chi connectivity index (χ0) is 15.7. The number of aliphatic hydroxyl groups excluding tert-OH is 1. The van der Waals surface area contributed by atoms with Gasteiger partial charge < -0.3 is 14.5 Å². The molecule has 1 saturated heterocycles. The van der Waals surface area contributed by atoms with Crippen LogP contribution in [0.2, 0.25) is 0 Å². The molecule has 0 aromatic carbocycles. The van der Waals surface area contributed by atoms with Crippen molar-refractivity contribution in [2.45, 2.75) is 70.4 Å². The fourth-order valence-electron chi connectivity index (χ4n) is 2.98. The molecule has 6 heteroatoms. The van der Waals surface area contributed by atoms with Gasteiger partial charge in [0.1, 0.15) is 6.10 Å². The van der Waals surface area contributed by atoms with Crippen molar-refractivity contribution in [2.24, 2.45) is 5.92 Å². The van der Waals surface area contributed by atoms with Gasteiger partial charge in [-0.1, -0.05) is 25.4 Å². The van der Waals surface area contributed by atoms with Gasteiger partial charge in [0.2, 0.25) is 5.89 Å². The van der Waals surface area contributed by atoms with Gasteiger partial charge in [0.15, 0.2) is 5.82 Å². The highest BCUT2D eigenvalue weighted by Gasteiger charge is 2.37. The van der Waals surface area contributed by atoms with Crippen molar-refractivity contribution >= 4 is 5.91 Å². The smallest absolute Gasteiger partial charge is 0.252 e. The van der Waals surface area contributed by atoms with Gasteiger partial charge in [0.25, 0.3) is 5.91 Å². The highest BCUT2D eigenvalue weighted by Crippen LogP contribution is 2.40. The van der Waals surface area contributed by atoms with Crippen molar-refractivity contribution in [3.05, 3.63) is 11.7 Å². The molecule has 1 amide bonds. The van der Waals surface area contributed by atoms with Crippen LogP contribution in [-0.2, 0) is 4.79 Å². The van der Waals surface area contributed by atoms with E-state index in [2.05, 4.69) is 10.1 Å². The molecule has 0 bridgehead atoms. The maximum Gasteiger partial charge on any atom is 0.252 e. The van der Waals surface area contributed by atoms with Crippen LogP contribution in [0.4, 0.5) is 0 Å². The molecule has 0 radical (unpaired) electrons. The Morgan fingerprint density at radius 1 is 1.41 bits per heavy atom. The number of piperidine rings is 1. The third kappa shape index (κ3) is 3.02. The number of aromatic nitrogens is 2. The first-order valence-electron chi connectivity index (χ1n) is 8.43. The molecule has 1 N–H and O–H groups in total. The predicted octanol–water partition coefficient (Wildman–Crippen LogP) is 2.41. The van der Waals surface area contributed by atoms with Crippen molar-refractivity contribution in [3.8, 4) is 0 Å². The van der Waals surface area contributed by atoms with E-state index in [0.717, 1.165) is 38.5 Å². The lowest BCUT2D eigenvalue weighted by Crippen LogP contribution is -2.46. The van der Waals surface area contributed by atoms with Gasteiger partial charge in [-0.05, 0) is 38.0 Å². The number of amides is 1. The molecule has 122 valence electrons. The molecule has 1 aromatic heterocycles. The fourth-order valence-corrected chi connectivity index (χ4v) is 2.98. The van der Waals surface area contributed by atoms with Gasteiger partial charge in [0.05, 0.1) is 6.04 Å². The van der Waals surface area contributed by atoms with Crippen LogP contribution in [0.15, 0.2) is 4.52 Å². The highest BCUT2D eigenvalue weighted by molar-refractivity contribution is 5.81. The van der Waals surface area contributed by atoms with Crippen LogP contribution in [0.5, 0.6) is 0 Å². The minimum absolute atomic E-state index is 0.0395. The van der Waals surface area contributed by atoms with E-state index in [0.29, 0.717) is 24.2 Å². The van der Waals surface area contributed by atoms with Gasteiger partial charge in [-0.15, -0.1) is 0 Å². The summed E-state index contributed by atoms with van der Waals surface area (Å²) in [6.07, 6.45) is 4.90. The molecule has 1 saturated carbocycles. The minimum Gasteiger partial charge on any atom is -0.383 e. The lowest BCUT2D eigenvalue weighted by Gasteiger charge is -2.36. The van der Waals surface area contributed by atoms with Gasteiger partial charge in [-0.25, -0.2) is 0 Å². The first-order chi connectivity index (χ1) is 10.6. The van der Waals surface area contributed by atoms with Gasteiger partial charge in [-0.3, -0.25) is 4.79 Å². The monoisotopic (exact) mass is 307 g/mol. The first-order valence-corrected chi connectivity index (χ1v) is 8.43. The molecule has 1 aliphatic carbocycles. The van der Waals surface area contributed by atoms with Crippen LogP contribution < -0.4 is 0 Å². The van der Waals surface area contributed by atoms with E-state index in [4.69, 9.17) is 4.52 Å². The fraction of sp³-hybridized carbons (Fsp3) is 0.812. The summed E-state index contributed by atoms with van der Waals surface area (Å²) in [6, 6.07) is -0.156. The Bertz CT molecular complexity index is 526. The summed E-state index contributed by atoms with van der Waals surface area (Å²) in [5.41, 5.74) is 0. The molecular weight excluding hydrogens is 282 g/mol. The minimum atomic E-state index is -0.944. The summed E-state index contributed by atoms with van der Waals surface area (Å²) in [5.74, 6) is 1.49. The van der Waals surface area contributed by atoms with Crippen LogP contribution in [0.3, 0.4) is 0 Å². The standard InChI is InChI=1S/C16H25N3O3/c1-3-10(2)13(20)16(21)19-9-5-4-6-12(19)14-17-15(22-18-14)11-7-8-11/h10-13,20H,3-9H2,1-2H3. The third-order valence-electron chi connectivity index (χ3n) is 4.90. The van der Waals surface area contributed by atoms with Crippen molar-refractivity contribution in [1.82, 2.24) is 15.0 Å². The number of rotatable bonds is 5. The predicted molar refractivity (Wildman–Crippen MR) is 80.0 cm³/mol. The second kappa shape index (κ2) is 6.36. The normalized spacial score (nSPS) is 25.0. The topological polar surface area (TPSA) is 79.5 Å². The number of carbonyl (C=O) groups is 1. The van der Waals surface area contributed by atoms with Crippen LogP contribution in [0, 0.1) is 5.92 Å². The summed E-state index contributed by atoms with van der Waals surface area (Å²) < 4.78 is 5.34. The van der Waals surface area contributed by atoms with Crippen LogP contribution in [-0.4, -0.2) is 38.7 Å². The van der Waals surface area contributed by atoms with E-state index >= 15 is 0 Å². The molecule has 2 heterocycles. The second-order valence-electron chi connectivity index (χ2n) is 6.64. The molecule has 2 fully saturated rings. The lowest BCUT2D eigenvalue weighted by molar-refractivity contribution is -0.147. The molecule has 6 nitrogen and oxygen atoms in total. The second-order valence-corrected chi connectivity index (χ2v) is 6.64. The maximum atomic E-state index is 12.6. The maximum absolute atomic E-state index is 12.6. The molecule has 22 heavy (non-hydrogen) atoms. The summed E-state index contributed by atoms with van der Waals surface area (Å²) in [5, 5.41) is 14.3. The molecule has 0 spiro atoms. The van der Waals surface area contributed by atoms with Crippen LogP contribution in [0.25, 0.3) is 0 Å². The molecule has 3 rings (SSSR count). The van der Waals surface area contributed by atoms with E-state index < -0.39 is 6.10 Å². The van der Waals surface area contributed by atoms with E-state index in [1.807, 2.05) is 13.8 Å². The molecule has 1 aromatic rings. The van der Waals surface area contributed by atoms with E-state index in [9.17, 15) is 9.90 Å². The quantitative estimate of drug-likeness (QED) is 0.903. The molecule has 3 unspecified atom stereocenters. The average Bonchev–Trinajstić information content (AvgIpc) is 3.30. The largest absolute Gasteiger partial charge is 0.383 e. The summed E-state index contributed by atoms with van der Waals surface area (Å²) in [6.45, 7) is 4.54. The Labute approximate surface area is 130 Å². The van der Waals surface area contributed by atoms with E-state index in [-0.39, 0.29) is 17.9 Å². The Balaban J connectivity index is 1.76. The zero-order valence-corrected chi connectivity index (χ0v) is 13.4. The molecular formula is C16H25N3O3. The number of nitrogens with zero attached hydrogens (tertiary/aromatic N) is 3. The van der Waals surface area contributed by atoms with Gasteiger partial charge in [0, 0.05) is 12.5 Å². The van der Waals surface area contributed by atoms with Gasteiger partial charge in [-0.2, -0.15) is 4.98 Å². The zero-order valence-electron chi connectivity index (χ0n) is 13.4. The van der Waals surface area contributed by atoms with Crippen molar-refractivity contribution in [1.29, 1.82) is 0 Å². The Kier molecular flexibility index (Phi) is 4.47. The SMILES string of the molecule is CCC(C)C(O)C(=O)N1CCCCC1c1noc(C2CC2)n1. The summed E-state index contributed by atoms with van der Waals surface area (Å²) in [7, 11) is 0. The Morgan fingerprint density at radius 2 is 2.18 bits per heavy atom. The number of hydrogen-bond acceptors (Lipinski definition) is 5. The average molecular weight is 307 g/mol. The number of carbonyl (C=O) groups excluding carboxylic acids is 1. The Morgan fingerprint density at radius 3 is 2.86 bits per heavy atom. The molecule has 1 aliphatic heterocycles. The van der Waals surface area contributed by atoms with Crippen LogP contribution in [0.1, 0.15) is 76.0 Å². The van der Waals surface area contributed by atoms with Crippen LogP contribution >= 0.6 is 0 Å². The Hall–Kier alpha value is -1.43. The van der Waals surface area contributed by atoms with Crippen molar-refractivity contribution in [2.75, 3.05) is 6.54 Å². The number of likely N-dealkylation sites (tertiary alicyclic amines) is 1. The van der Waals surface area contributed by atoms with Gasteiger partial charge >= 0.3 is 0 Å². The summed E-state index contributed by atoms with van der Waals surface area (Å²) >= 11 is 0.